The molecule has 2 aromatic rings. The molecule has 1 aromatic carbocycles. The summed E-state index contributed by atoms with van der Waals surface area (Å²) in [5.41, 5.74) is 1.99. The second kappa shape index (κ2) is 4.01. The van der Waals surface area contributed by atoms with Gasteiger partial charge in [0.1, 0.15) is 5.82 Å². The Kier molecular flexibility index (Phi) is 2.67. The molecule has 0 fully saturated rings. The Hall–Kier alpha value is -2.17. The maximum absolute atomic E-state index is 12.8. The van der Waals surface area contributed by atoms with Crippen LogP contribution < -0.4 is 0 Å². The predicted octanol–water partition coefficient (Wildman–Crippen LogP) is 2.23. The first-order chi connectivity index (χ1) is 8.00. The van der Waals surface area contributed by atoms with Crippen molar-refractivity contribution in [3.63, 3.8) is 0 Å². The number of imidazole rings is 1. The summed E-state index contributed by atoms with van der Waals surface area (Å²) in [5.74, 6) is -1.44. The summed E-state index contributed by atoms with van der Waals surface area (Å²) >= 11 is 0. The van der Waals surface area contributed by atoms with E-state index in [1.807, 2.05) is 0 Å². The molecule has 0 aliphatic carbocycles. The highest BCUT2D eigenvalue weighted by Gasteiger charge is 2.17. The van der Waals surface area contributed by atoms with Gasteiger partial charge >= 0.3 is 5.97 Å². The third-order valence-corrected chi connectivity index (χ3v) is 2.69. The van der Waals surface area contributed by atoms with Crippen molar-refractivity contribution in [1.29, 1.82) is 0 Å². The van der Waals surface area contributed by atoms with Gasteiger partial charge in [0.05, 0.1) is 5.69 Å². The number of aromatic carboxylic acids is 1. The Labute approximate surface area is 97.3 Å². The number of hydrogen-bond acceptors (Lipinski definition) is 2. The number of carbonyl (C=O) groups is 1. The largest absolute Gasteiger partial charge is 0.475 e. The Morgan fingerprint density at radius 2 is 1.94 bits per heavy atom. The Morgan fingerprint density at radius 3 is 2.41 bits per heavy atom. The van der Waals surface area contributed by atoms with Crippen LogP contribution in [0, 0.1) is 12.7 Å². The summed E-state index contributed by atoms with van der Waals surface area (Å²) in [7, 11) is 1.64. The van der Waals surface area contributed by atoms with Crippen molar-refractivity contribution in [2.24, 2.45) is 7.05 Å². The van der Waals surface area contributed by atoms with Gasteiger partial charge < -0.3 is 9.67 Å². The molecular formula is C12H11FN2O2. The van der Waals surface area contributed by atoms with Gasteiger partial charge in [-0.1, -0.05) is 0 Å². The van der Waals surface area contributed by atoms with Gasteiger partial charge in [0.2, 0.25) is 5.82 Å². The molecule has 0 aliphatic heterocycles. The van der Waals surface area contributed by atoms with Crippen LogP contribution in [0.25, 0.3) is 11.3 Å². The van der Waals surface area contributed by atoms with Crippen molar-refractivity contribution < 1.29 is 14.3 Å². The zero-order valence-electron chi connectivity index (χ0n) is 9.44. The van der Waals surface area contributed by atoms with Crippen LogP contribution in [0.2, 0.25) is 0 Å². The first-order valence-electron chi connectivity index (χ1n) is 5.03. The van der Waals surface area contributed by atoms with E-state index in [9.17, 15) is 9.18 Å². The average molecular weight is 234 g/mol. The number of carboxylic acids is 1. The molecule has 0 spiro atoms. The Morgan fingerprint density at radius 1 is 1.35 bits per heavy atom. The average Bonchev–Trinajstić information content (AvgIpc) is 2.58. The predicted molar refractivity (Wildman–Crippen MR) is 60.3 cm³/mol. The summed E-state index contributed by atoms with van der Waals surface area (Å²) in [6.45, 7) is 1.78. The minimum Gasteiger partial charge on any atom is -0.475 e. The molecule has 1 aromatic heterocycles. The minimum absolute atomic E-state index is 0.0261. The van der Waals surface area contributed by atoms with E-state index in [0.717, 1.165) is 5.69 Å². The molecule has 1 heterocycles. The molecule has 17 heavy (non-hydrogen) atoms. The van der Waals surface area contributed by atoms with Crippen molar-refractivity contribution in [3.8, 4) is 11.3 Å². The Bertz CT molecular complexity index is 573. The van der Waals surface area contributed by atoms with Gasteiger partial charge in [-0.2, -0.15) is 0 Å². The van der Waals surface area contributed by atoms with E-state index < -0.39 is 5.97 Å². The summed E-state index contributed by atoms with van der Waals surface area (Å²) < 4.78 is 14.3. The van der Waals surface area contributed by atoms with Crippen molar-refractivity contribution >= 4 is 5.97 Å². The lowest BCUT2D eigenvalue weighted by Crippen LogP contribution is -2.06. The SMILES string of the molecule is Cc1c(-c2ccc(F)cc2)nc(C(=O)O)n1C. The number of hydrogen-bond donors (Lipinski definition) is 1. The summed E-state index contributed by atoms with van der Waals surface area (Å²) in [6.07, 6.45) is 0. The molecule has 0 aliphatic rings. The highest BCUT2D eigenvalue weighted by Crippen LogP contribution is 2.23. The number of aromatic nitrogens is 2. The number of rotatable bonds is 2. The second-order valence-corrected chi connectivity index (χ2v) is 3.74. The molecule has 1 N–H and O–H groups in total. The third-order valence-electron chi connectivity index (χ3n) is 2.69. The molecule has 4 nitrogen and oxygen atoms in total. The number of nitrogens with zero attached hydrogens (tertiary/aromatic N) is 2. The van der Waals surface area contributed by atoms with E-state index in [2.05, 4.69) is 4.98 Å². The summed E-state index contributed by atoms with van der Waals surface area (Å²) in [6, 6.07) is 5.81. The van der Waals surface area contributed by atoms with Crippen LogP contribution in [-0.2, 0) is 7.05 Å². The van der Waals surface area contributed by atoms with Gasteiger partial charge in [0.25, 0.3) is 0 Å². The molecule has 5 heteroatoms. The fraction of sp³-hybridized carbons (Fsp3) is 0.167. The minimum atomic E-state index is -1.08. The topological polar surface area (TPSA) is 55.1 Å². The lowest BCUT2D eigenvalue weighted by Gasteiger charge is -2.00. The monoisotopic (exact) mass is 234 g/mol. The van der Waals surface area contributed by atoms with Crippen molar-refractivity contribution in [1.82, 2.24) is 9.55 Å². The van der Waals surface area contributed by atoms with Crippen LogP contribution >= 0.6 is 0 Å². The molecule has 2 rings (SSSR count). The van der Waals surface area contributed by atoms with Gasteiger partial charge in [-0.3, -0.25) is 0 Å². The summed E-state index contributed by atoms with van der Waals surface area (Å²) in [5, 5.41) is 8.95. The number of carboxylic acid groups (broad SMARTS) is 1. The molecular weight excluding hydrogens is 223 g/mol. The number of halogens is 1. The standard InChI is InChI=1S/C12H11FN2O2/c1-7-10(8-3-5-9(13)6-4-8)14-11(12(16)17)15(7)2/h3-6H,1-2H3,(H,16,17). The lowest BCUT2D eigenvalue weighted by molar-refractivity contribution is 0.0679. The van der Waals surface area contributed by atoms with Gasteiger partial charge in [-0.25, -0.2) is 14.2 Å². The third kappa shape index (κ3) is 1.91. The molecule has 0 saturated carbocycles. The molecule has 0 atom stereocenters. The maximum atomic E-state index is 12.8. The number of benzene rings is 1. The molecule has 0 unspecified atom stereocenters. The van der Waals surface area contributed by atoms with E-state index in [0.29, 0.717) is 11.3 Å². The van der Waals surface area contributed by atoms with Crippen molar-refractivity contribution in [3.05, 3.63) is 41.6 Å². The van der Waals surface area contributed by atoms with Gasteiger partial charge in [-0.05, 0) is 31.2 Å². The van der Waals surface area contributed by atoms with Crippen LogP contribution in [0.5, 0.6) is 0 Å². The van der Waals surface area contributed by atoms with E-state index >= 15 is 0 Å². The second-order valence-electron chi connectivity index (χ2n) is 3.74. The van der Waals surface area contributed by atoms with Crippen LogP contribution in [0.15, 0.2) is 24.3 Å². The van der Waals surface area contributed by atoms with Crippen LogP contribution in [0.4, 0.5) is 4.39 Å². The summed E-state index contributed by atoms with van der Waals surface area (Å²) in [4.78, 5) is 15.0. The van der Waals surface area contributed by atoms with Crippen LogP contribution in [-0.4, -0.2) is 20.6 Å². The fourth-order valence-corrected chi connectivity index (χ4v) is 1.65. The van der Waals surface area contributed by atoms with E-state index in [1.54, 1.807) is 26.1 Å². The normalized spacial score (nSPS) is 10.5. The van der Waals surface area contributed by atoms with Crippen molar-refractivity contribution in [2.75, 3.05) is 0 Å². The van der Waals surface area contributed by atoms with E-state index in [4.69, 9.17) is 5.11 Å². The highest BCUT2D eigenvalue weighted by atomic mass is 19.1. The Balaban J connectivity index is 2.56. The molecule has 0 saturated heterocycles. The van der Waals surface area contributed by atoms with E-state index in [-0.39, 0.29) is 11.6 Å². The van der Waals surface area contributed by atoms with Gasteiger partial charge in [0, 0.05) is 18.3 Å². The zero-order chi connectivity index (χ0) is 12.6. The van der Waals surface area contributed by atoms with Crippen LogP contribution in [0.1, 0.15) is 16.3 Å². The molecule has 0 bridgehead atoms. The van der Waals surface area contributed by atoms with Gasteiger partial charge in [-0.15, -0.1) is 0 Å². The van der Waals surface area contributed by atoms with Crippen molar-refractivity contribution in [2.45, 2.75) is 6.92 Å². The fourth-order valence-electron chi connectivity index (χ4n) is 1.65. The quantitative estimate of drug-likeness (QED) is 0.866. The van der Waals surface area contributed by atoms with E-state index in [1.165, 1.54) is 16.7 Å². The first kappa shape index (κ1) is 11.3. The zero-order valence-corrected chi connectivity index (χ0v) is 9.44. The maximum Gasteiger partial charge on any atom is 0.372 e. The highest BCUT2D eigenvalue weighted by molar-refractivity contribution is 5.85. The molecule has 0 radical (unpaired) electrons. The lowest BCUT2D eigenvalue weighted by atomic mass is 10.1. The first-order valence-corrected chi connectivity index (χ1v) is 5.03. The van der Waals surface area contributed by atoms with Gasteiger partial charge in [0.15, 0.2) is 0 Å². The molecule has 88 valence electrons. The van der Waals surface area contributed by atoms with Crippen LogP contribution in [0.3, 0.4) is 0 Å². The smallest absolute Gasteiger partial charge is 0.372 e. The molecule has 0 amide bonds.